The Morgan fingerprint density at radius 2 is 2.23 bits per heavy atom. The minimum absolute atomic E-state index is 0.163. The molecule has 0 fully saturated rings. The van der Waals surface area contributed by atoms with Crippen LogP contribution in [0.25, 0.3) is 0 Å². The summed E-state index contributed by atoms with van der Waals surface area (Å²) in [6.45, 7) is 6.42. The van der Waals surface area contributed by atoms with E-state index in [9.17, 15) is 0 Å². The van der Waals surface area contributed by atoms with Gasteiger partial charge in [0.25, 0.3) is 0 Å². The Bertz CT molecular complexity index is 259. The van der Waals surface area contributed by atoms with Gasteiger partial charge in [0.1, 0.15) is 0 Å². The van der Waals surface area contributed by atoms with Crippen LogP contribution in [-0.2, 0) is 0 Å². The van der Waals surface area contributed by atoms with Crippen molar-refractivity contribution in [1.82, 2.24) is 5.32 Å². The van der Waals surface area contributed by atoms with Gasteiger partial charge in [-0.2, -0.15) is 0 Å². The highest BCUT2D eigenvalue weighted by atomic mass is 32.1. The Morgan fingerprint density at radius 3 is 2.69 bits per heavy atom. The molecule has 0 aliphatic rings. The maximum atomic E-state index is 8.89. The van der Waals surface area contributed by atoms with Crippen LogP contribution in [0, 0.1) is 6.92 Å². The number of hydrogen-bond donors (Lipinski definition) is 2. The summed E-state index contributed by atoms with van der Waals surface area (Å²) in [6, 6.07) is 2.63. The van der Waals surface area contributed by atoms with Gasteiger partial charge >= 0.3 is 0 Å². The van der Waals surface area contributed by atoms with Crippen LogP contribution in [0.4, 0.5) is 0 Å². The van der Waals surface area contributed by atoms with Gasteiger partial charge in [0, 0.05) is 17.0 Å². The molecule has 13 heavy (non-hydrogen) atoms. The fourth-order valence-electron chi connectivity index (χ4n) is 1.38. The molecular formula is C10H17NOS. The Morgan fingerprint density at radius 1 is 1.54 bits per heavy atom. The van der Waals surface area contributed by atoms with Crippen LogP contribution in [0.5, 0.6) is 0 Å². The van der Waals surface area contributed by atoms with Crippen LogP contribution in [0.15, 0.2) is 11.4 Å². The lowest BCUT2D eigenvalue weighted by Gasteiger charge is -2.17. The van der Waals surface area contributed by atoms with E-state index >= 15 is 0 Å². The SMILES string of the molecule is Cc1ccsc1[C@@H](C)N[C@@H](C)CO. The number of aliphatic hydroxyl groups is 1. The Kier molecular flexibility index (Phi) is 3.90. The quantitative estimate of drug-likeness (QED) is 0.778. The molecule has 1 aromatic rings. The second-order valence-corrected chi connectivity index (χ2v) is 4.39. The van der Waals surface area contributed by atoms with E-state index in [4.69, 9.17) is 5.11 Å². The fourth-order valence-corrected chi connectivity index (χ4v) is 2.33. The highest BCUT2D eigenvalue weighted by Gasteiger charge is 2.11. The van der Waals surface area contributed by atoms with Gasteiger partial charge in [-0.3, -0.25) is 0 Å². The third kappa shape index (κ3) is 2.79. The topological polar surface area (TPSA) is 32.3 Å². The molecule has 1 heterocycles. The van der Waals surface area contributed by atoms with Crippen LogP contribution in [0.3, 0.4) is 0 Å². The van der Waals surface area contributed by atoms with Gasteiger partial charge in [0.15, 0.2) is 0 Å². The van der Waals surface area contributed by atoms with E-state index in [-0.39, 0.29) is 12.6 Å². The Balaban J connectivity index is 2.58. The summed E-state index contributed by atoms with van der Waals surface area (Å²) >= 11 is 1.77. The number of aliphatic hydroxyl groups excluding tert-OH is 1. The molecule has 0 amide bonds. The van der Waals surface area contributed by atoms with Crippen LogP contribution in [0.1, 0.15) is 30.3 Å². The first-order valence-electron chi connectivity index (χ1n) is 4.56. The van der Waals surface area contributed by atoms with Crippen LogP contribution in [0.2, 0.25) is 0 Å². The molecule has 0 radical (unpaired) electrons. The molecule has 2 atom stereocenters. The second kappa shape index (κ2) is 4.74. The first-order chi connectivity index (χ1) is 6.15. The van der Waals surface area contributed by atoms with Crippen molar-refractivity contribution in [2.24, 2.45) is 0 Å². The Hall–Kier alpha value is -0.380. The van der Waals surface area contributed by atoms with Gasteiger partial charge in [-0.15, -0.1) is 11.3 Å². The third-order valence-electron chi connectivity index (χ3n) is 2.10. The average molecular weight is 199 g/mol. The summed E-state index contributed by atoms with van der Waals surface area (Å²) < 4.78 is 0. The van der Waals surface area contributed by atoms with Crippen molar-refractivity contribution in [3.8, 4) is 0 Å². The molecule has 74 valence electrons. The highest BCUT2D eigenvalue weighted by molar-refractivity contribution is 7.10. The van der Waals surface area contributed by atoms with Gasteiger partial charge < -0.3 is 10.4 Å². The molecule has 0 bridgehead atoms. The molecule has 0 aromatic carbocycles. The minimum atomic E-state index is 0.163. The molecule has 1 aromatic heterocycles. The lowest BCUT2D eigenvalue weighted by Crippen LogP contribution is -2.31. The number of hydrogen-bond acceptors (Lipinski definition) is 3. The summed E-state index contributed by atoms with van der Waals surface area (Å²) in [6.07, 6.45) is 0. The van der Waals surface area contributed by atoms with Crippen molar-refractivity contribution in [2.45, 2.75) is 32.9 Å². The first-order valence-corrected chi connectivity index (χ1v) is 5.44. The summed E-state index contributed by atoms with van der Waals surface area (Å²) in [4.78, 5) is 1.36. The highest BCUT2D eigenvalue weighted by Crippen LogP contribution is 2.23. The normalized spacial score (nSPS) is 15.7. The van der Waals surface area contributed by atoms with E-state index in [2.05, 4.69) is 30.6 Å². The number of nitrogens with one attached hydrogen (secondary N) is 1. The van der Waals surface area contributed by atoms with Gasteiger partial charge in [0.2, 0.25) is 0 Å². The minimum Gasteiger partial charge on any atom is -0.395 e. The van der Waals surface area contributed by atoms with Gasteiger partial charge in [-0.05, 0) is 37.8 Å². The molecular weight excluding hydrogens is 182 g/mol. The maximum Gasteiger partial charge on any atom is 0.0582 e. The van der Waals surface area contributed by atoms with Gasteiger partial charge in [0.05, 0.1) is 6.61 Å². The number of rotatable bonds is 4. The van der Waals surface area contributed by atoms with Crippen LogP contribution < -0.4 is 5.32 Å². The van der Waals surface area contributed by atoms with Crippen LogP contribution >= 0.6 is 11.3 Å². The molecule has 0 saturated carbocycles. The summed E-state index contributed by atoms with van der Waals surface area (Å²) in [7, 11) is 0. The molecule has 0 spiro atoms. The number of thiophene rings is 1. The van der Waals surface area contributed by atoms with Crippen molar-refractivity contribution in [1.29, 1.82) is 0 Å². The van der Waals surface area contributed by atoms with Crippen molar-refractivity contribution >= 4 is 11.3 Å². The smallest absolute Gasteiger partial charge is 0.0582 e. The number of aryl methyl sites for hydroxylation is 1. The van der Waals surface area contributed by atoms with E-state index in [0.717, 1.165) is 0 Å². The van der Waals surface area contributed by atoms with Crippen molar-refractivity contribution in [3.63, 3.8) is 0 Å². The standard InChI is InChI=1S/C10H17NOS/c1-7-4-5-13-10(7)9(3)11-8(2)6-12/h4-5,8-9,11-12H,6H2,1-3H3/t8-,9+/m0/s1. The third-order valence-corrected chi connectivity index (χ3v) is 3.30. The monoisotopic (exact) mass is 199 g/mol. The Labute approximate surface area is 83.6 Å². The zero-order valence-electron chi connectivity index (χ0n) is 8.37. The fraction of sp³-hybridized carbons (Fsp3) is 0.600. The second-order valence-electron chi connectivity index (χ2n) is 3.44. The zero-order valence-corrected chi connectivity index (χ0v) is 9.19. The van der Waals surface area contributed by atoms with Crippen LogP contribution in [-0.4, -0.2) is 17.8 Å². The predicted octanol–water partition coefficient (Wildman–Crippen LogP) is 2.09. The van der Waals surface area contributed by atoms with E-state index in [1.165, 1.54) is 10.4 Å². The largest absolute Gasteiger partial charge is 0.395 e. The summed E-state index contributed by atoms with van der Waals surface area (Å²) in [5.74, 6) is 0. The molecule has 0 aliphatic heterocycles. The maximum absolute atomic E-state index is 8.89. The molecule has 2 nitrogen and oxygen atoms in total. The van der Waals surface area contributed by atoms with Gasteiger partial charge in [-0.1, -0.05) is 0 Å². The summed E-state index contributed by atoms with van der Waals surface area (Å²) in [5.41, 5.74) is 1.33. The van der Waals surface area contributed by atoms with Crippen molar-refractivity contribution in [3.05, 3.63) is 21.9 Å². The lowest BCUT2D eigenvalue weighted by molar-refractivity contribution is 0.243. The molecule has 0 unspecified atom stereocenters. The van der Waals surface area contributed by atoms with Crippen molar-refractivity contribution < 1.29 is 5.11 Å². The molecule has 3 heteroatoms. The molecule has 2 N–H and O–H groups in total. The predicted molar refractivity (Wildman–Crippen MR) is 57.2 cm³/mol. The zero-order chi connectivity index (χ0) is 9.84. The molecule has 0 aliphatic carbocycles. The average Bonchev–Trinajstić information content (AvgIpc) is 2.51. The van der Waals surface area contributed by atoms with E-state index in [1.807, 2.05) is 6.92 Å². The van der Waals surface area contributed by atoms with E-state index < -0.39 is 0 Å². The lowest BCUT2D eigenvalue weighted by atomic mass is 10.2. The van der Waals surface area contributed by atoms with E-state index in [0.29, 0.717) is 6.04 Å². The molecule has 1 rings (SSSR count). The van der Waals surface area contributed by atoms with Gasteiger partial charge in [-0.25, -0.2) is 0 Å². The van der Waals surface area contributed by atoms with Crippen molar-refractivity contribution in [2.75, 3.05) is 6.61 Å². The first kappa shape index (κ1) is 10.7. The summed E-state index contributed by atoms with van der Waals surface area (Å²) in [5, 5.41) is 14.3. The molecule has 0 saturated heterocycles. The van der Waals surface area contributed by atoms with E-state index in [1.54, 1.807) is 11.3 Å².